The van der Waals surface area contributed by atoms with Crippen molar-refractivity contribution in [2.75, 3.05) is 52.8 Å². The molecular formula is C20H35N3O9PS-. The van der Waals surface area contributed by atoms with Gasteiger partial charge in [-0.05, 0) is 18.6 Å². The zero-order chi connectivity index (χ0) is 25.4. The molecule has 34 heavy (non-hydrogen) atoms. The topological polar surface area (TPSA) is 163 Å². The standard InChI is InChI=1S/C20H36N3O9PS/c1-21-17(24)8-12-31-13-9-22-18(25)7-10-23-19(26)15-16(20(23)27)34-14-6-4-3-5-11-32-33(28,29)30-2/h16H,3-15H2,1-2H3,(H,21,24)(H,22,25)(H,28,29)/p-1. The molecule has 0 bridgehead atoms. The quantitative estimate of drug-likeness (QED) is 0.135. The van der Waals surface area contributed by atoms with Gasteiger partial charge in [0.1, 0.15) is 0 Å². The van der Waals surface area contributed by atoms with Crippen LogP contribution in [0.25, 0.3) is 0 Å². The van der Waals surface area contributed by atoms with Crippen molar-refractivity contribution in [1.29, 1.82) is 0 Å². The Morgan fingerprint density at radius 3 is 2.56 bits per heavy atom. The van der Waals surface area contributed by atoms with Crippen molar-refractivity contribution >= 4 is 43.2 Å². The summed E-state index contributed by atoms with van der Waals surface area (Å²) in [5, 5.41) is 4.71. The van der Waals surface area contributed by atoms with Gasteiger partial charge < -0.3 is 29.3 Å². The fraction of sp³-hybridized carbons (Fsp3) is 0.800. The van der Waals surface area contributed by atoms with Gasteiger partial charge in [-0.15, -0.1) is 11.8 Å². The van der Waals surface area contributed by atoms with Crippen LogP contribution in [0, 0.1) is 0 Å². The highest BCUT2D eigenvalue weighted by molar-refractivity contribution is 8.00. The number of unbranched alkanes of at least 4 members (excludes halogenated alkanes) is 3. The van der Waals surface area contributed by atoms with Gasteiger partial charge in [0.05, 0.1) is 25.1 Å². The van der Waals surface area contributed by atoms with E-state index in [-0.39, 0.29) is 75.8 Å². The predicted molar refractivity (Wildman–Crippen MR) is 124 cm³/mol. The summed E-state index contributed by atoms with van der Waals surface area (Å²) in [6.45, 7) is 0.927. The van der Waals surface area contributed by atoms with Crippen LogP contribution in [0.1, 0.15) is 44.9 Å². The second-order valence-electron chi connectivity index (χ2n) is 7.46. The number of imide groups is 1. The van der Waals surface area contributed by atoms with Gasteiger partial charge in [-0.2, -0.15) is 0 Å². The van der Waals surface area contributed by atoms with Crippen molar-refractivity contribution in [2.24, 2.45) is 0 Å². The summed E-state index contributed by atoms with van der Waals surface area (Å²) in [7, 11) is -1.57. The summed E-state index contributed by atoms with van der Waals surface area (Å²) in [6.07, 6.45) is 3.44. The van der Waals surface area contributed by atoms with E-state index in [0.29, 0.717) is 12.2 Å². The number of carbonyl (C=O) groups is 4. The summed E-state index contributed by atoms with van der Waals surface area (Å²) >= 11 is 1.43. The highest BCUT2D eigenvalue weighted by atomic mass is 32.2. The number of phosphoric acid groups is 1. The normalized spacial score (nSPS) is 17.6. The molecule has 2 unspecified atom stereocenters. The molecule has 0 radical (unpaired) electrons. The summed E-state index contributed by atoms with van der Waals surface area (Å²) in [5.41, 5.74) is 0. The first kappa shape index (κ1) is 30.5. The number of hydrogen-bond acceptors (Lipinski definition) is 10. The molecular weight excluding hydrogens is 489 g/mol. The molecule has 1 heterocycles. The second kappa shape index (κ2) is 17.0. The number of thioether (sulfide) groups is 1. The molecule has 0 aromatic heterocycles. The van der Waals surface area contributed by atoms with Crippen molar-refractivity contribution in [3.63, 3.8) is 0 Å². The lowest BCUT2D eigenvalue weighted by molar-refractivity contribution is -0.223. The van der Waals surface area contributed by atoms with Crippen LogP contribution >= 0.6 is 19.6 Å². The minimum absolute atomic E-state index is 0.0224. The van der Waals surface area contributed by atoms with E-state index in [1.807, 2.05) is 0 Å². The van der Waals surface area contributed by atoms with Crippen molar-refractivity contribution in [3.8, 4) is 0 Å². The van der Waals surface area contributed by atoms with E-state index >= 15 is 0 Å². The van der Waals surface area contributed by atoms with Crippen LogP contribution in [0.15, 0.2) is 0 Å². The summed E-state index contributed by atoms with van der Waals surface area (Å²) in [6, 6.07) is 0. The maximum atomic E-state index is 12.5. The minimum Gasteiger partial charge on any atom is -0.756 e. The number of hydrogen-bond donors (Lipinski definition) is 2. The van der Waals surface area contributed by atoms with Crippen molar-refractivity contribution in [3.05, 3.63) is 0 Å². The lowest BCUT2D eigenvalue weighted by Crippen LogP contribution is -2.36. The Morgan fingerprint density at radius 1 is 1.12 bits per heavy atom. The molecule has 1 saturated heterocycles. The van der Waals surface area contributed by atoms with Gasteiger partial charge in [0.15, 0.2) is 0 Å². The Morgan fingerprint density at radius 2 is 1.85 bits per heavy atom. The molecule has 4 amide bonds. The lowest BCUT2D eigenvalue weighted by atomic mass is 10.2. The first-order valence-electron chi connectivity index (χ1n) is 11.2. The van der Waals surface area contributed by atoms with E-state index in [9.17, 15) is 28.6 Å². The predicted octanol–water partition coefficient (Wildman–Crippen LogP) is 0.198. The third-order valence-electron chi connectivity index (χ3n) is 4.92. The lowest BCUT2D eigenvalue weighted by Gasteiger charge is -2.19. The minimum atomic E-state index is -4.17. The van der Waals surface area contributed by atoms with Crippen LogP contribution in [0.3, 0.4) is 0 Å². The highest BCUT2D eigenvalue weighted by Gasteiger charge is 2.38. The van der Waals surface area contributed by atoms with Gasteiger partial charge in [0.25, 0.3) is 7.82 Å². The van der Waals surface area contributed by atoms with Crippen LogP contribution in [0.5, 0.6) is 0 Å². The first-order chi connectivity index (χ1) is 16.2. The molecule has 1 fully saturated rings. The first-order valence-corrected chi connectivity index (χ1v) is 13.7. The van der Waals surface area contributed by atoms with Crippen LogP contribution in [0.2, 0.25) is 0 Å². The fourth-order valence-electron chi connectivity index (χ4n) is 2.99. The third kappa shape index (κ3) is 12.8. The monoisotopic (exact) mass is 524 g/mol. The molecule has 14 heteroatoms. The van der Waals surface area contributed by atoms with E-state index in [1.54, 1.807) is 7.05 Å². The molecule has 0 aromatic rings. The Hall–Kier alpha value is -1.50. The molecule has 2 atom stereocenters. The number of nitrogens with zero attached hydrogens (tertiary/aromatic N) is 1. The molecule has 0 aromatic carbocycles. The zero-order valence-electron chi connectivity index (χ0n) is 19.7. The van der Waals surface area contributed by atoms with Crippen LogP contribution in [-0.4, -0.2) is 86.6 Å². The van der Waals surface area contributed by atoms with Gasteiger partial charge in [-0.3, -0.25) is 28.6 Å². The van der Waals surface area contributed by atoms with Gasteiger partial charge >= 0.3 is 0 Å². The highest BCUT2D eigenvalue weighted by Crippen LogP contribution is 2.36. The Bertz CT molecular complexity index is 725. The molecule has 2 N–H and O–H groups in total. The molecule has 12 nitrogen and oxygen atoms in total. The van der Waals surface area contributed by atoms with Crippen LogP contribution in [0.4, 0.5) is 0 Å². The number of carbonyl (C=O) groups excluding carboxylic acids is 4. The largest absolute Gasteiger partial charge is 0.756 e. The van der Waals surface area contributed by atoms with Gasteiger partial charge in [-0.1, -0.05) is 12.8 Å². The average Bonchev–Trinajstić information content (AvgIpc) is 3.08. The van der Waals surface area contributed by atoms with E-state index < -0.39 is 13.1 Å². The van der Waals surface area contributed by atoms with Gasteiger partial charge in [-0.25, -0.2) is 0 Å². The number of phosphoric ester groups is 1. The number of rotatable bonds is 19. The van der Waals surface area contributed by atoms with Crippen molar-refractivity contribution < 1.29 is 42.4 Å². The van der Waals surface area contributed by atoms with E-state index in [4.69, 9.17) is 4.74 Å². The molecule has 0 aliphatic carbocycles. The van der Waals surface area contributed by atoms with Crippen molar-refractivity contribution in [1.82, 2.24) is 15.5 Å². The number of ether oxygens (including phenoxy) is 1. The van der Waals surface area contributed by atoms with Gasteiger partial charge in [0, 0.05) is 46.5 Å². The number of likely N-dealkylation sites (tertiary alicyclic amines) is 1. The number of nitrogens with one attached hydrogen (secondary N) is 2. The van der Waals surface area contributed by atoms with Crippen molar-refractivity contribution in [2.45, 2.75) is 50.2 Å². The Balaban J connectivity index is 2.12. The summed E-state index contributed by atoms with van der Waals surface area (Å²) in [5.74, 6) is -0.236. The average molecular weight is 525 g/mol. The van der Waals surface area contributed by atoms with Gasteiger partial charge in [0.2, 0.25) is 23.6 Å². The molecule has 1 rings (SSSR count). The third-order valence-corrected chi connectivity index (χ3v) is 7.16. The molecule has 196 valence electrons. The second-order valence-corrected chi connectivity index (χ2v) is 10.3. The maximum Gasteiger partial charge on any atom is 0.267 e. The zero-order valence-corrected chi connectivity index (χ0v) is 21.5. The Kier molecular flexibility index (Phi) is 15.3. The summed E-state index contributed by atoms with van der Waals surface area (Å²) in [4.78, 5) is 59.8. The smallest absolute Gasteiger partial charge is 0.267 e. The van der Waals surface area contributed by atoms with Crippen LogP contribution < -0.4 is 15.5 Å². The molecule has 0 saturated carbocycles. The molecule has 1 aliphatic heterocycles. The van der Waals surface area contributed by atoms with E-state index in [2.05, 4.69) is 19.7 Å². The molecule has 0 spiro atoms. The van der Waals surface area contributed by atoms with E-state index in [0.717, 1.165) is 31.3 Å². The van der Waals surface area contributed by atoms with E-state index in [1.165, 1.54) is 11.8 Å². The number of amides is 4. The summed E-state index contributed by atoms with van der Waals surface area (Å²) < 4.78 is 25.1. The maximum absolute atomic E-state index is 12.5. The molecule has 1 aliphatic rings. The fourth-order valence-corrected chi connectivity index (χ4v) is 4.63. The Labute approximate surface area is 204 Å². The SMILES string of the molecule is CNC(=O)CCOCCNC(=O)CCN1C(=O)CC(SCCCCCCOP(=O)([O-])OC)C1=O. The van der Waals surface area contributed by atoms with Crippen LogP contribution in [-0.2, 0) is 37.5 Å².